The van der Waals surface area contributed by atoms with Gasteiger partial charge >= 0.3 is 0 Å². The number of fused-ring (bicyclic) bond motifs is 1. The number of amides is 2. The lowest BCUT2D eigenvalue weighted by Gasteiger charge is -2.09. The molecule has 0 radical (unpaired) electrons. The van der Waals surface area contributed by atoms with Crippen molar-refractivity contribution < 1.29 is 9.59 Å². The Balaban J connectivity index is 1.60. The lowest BCUT2D eigenvalue weighted by atomic mass is 10.2. The average Bonchev–Trinajstić information content (AvgIpc) is 3.21. The first-order valence-corrected chi connectivity index (χ1v) is 7.24. The summed E-state index contributed by atoms with van der Waals surface area (Å²) in [5.41, 5.74) is 2.07. The molecule has 5 nitrogen and oxygen atoms in total. The van der Waals surface area contributed by atoms with Crippen LogP contribution in [-0.2, 0) is 16.1 Å². The maximum Gasteiger partial charge on any atom is 0.240 e. The van der Waals surface area contributed by atoms with Gasteiger partial charge in [-0.2, -0.15) is 0 Å². The highest BCUT2D eigenvalue weighted by Gasteiger charge is 2.23. The normalized spacial score (nSPS) is 14.1. The van der Waals surface area contributed by atoms with Gasteiger partial charge in [0.15, 0.2) is 0 Å². The first-order chi connectivity index (χ1) is 10.1. The van der Waals surface area contributed by atoms with E-state index < -0.39 is 0 Å². The molecule has 1 aliphatic rings. The lowest BCUT2D eigenvalue weighted by molar-refractivity contribution is -0.126. The third-order valence-corrected chi connectivity index (χ3v) is 3.71. The zero-order valence-electron chi connectivity index (χ0n) is 12.1. The Kier molecular flexibility index (Phi) is 3.64. The number of nitrogens with zero attached hydrogens (tertiary/aromatic N) is 1. The number of hydrogen-bond donors (Lipinski definition) is 2. The predicted octanol–water partition coefficient (Wildman–Crippen LogP) is 1.34. The number of carbonyl (C=O) groups is 2. The molecule has 0 unspecified atom stereocenters. The van der Waals surface area contributed by atoms with Crippen LogP contribution in [-0.4, -0.2) is 29.0 Å². The minimum absolute atomic E-state index is 0.0492. The fraction of sp³-hybridized carbons (Fsp3) is 0.375. The molecule has 0 aliphatic heterocycles. The van der Waals surface area contributed by atoms with Crippen LogP contribution in [0.15, 0.2) is 30.3 Å². The van der Waals surface area contributed by atoms with Crippen molar-refractivity contribution in [3.05, 3.63) is 36.0 Å². The van der Waals surface area contributed by atoms with Crippen LogP contribution < -0.4 is 10.6 Å². The number of benzene rings is 1. The number of hydrogen-bond acceptors (Lipinski definition) is 2. The molecule has 3 rings (SSSR count). The molecule has 0 spiro atoms. The number of nitrogens with one attached hydrogen (secondary N) is 2. The highest BCUT2D eigenvalue weighted by atomic mass is 16.2. The monoisotopic (exact) mass is 285 g/mol. The molecular formula is C16H19N3O2. The van der Waals surface area contributed by atoms with Gasteiger partial charge in [-0.1, -0.05) is 18.2 Å². The minimum Gasteiger partial charge on any atom is -0.352 e. The Morgan fingerprint density at radius 1 is 1.24 bits per heavy atom. The molecule has 0 atom stereocenters. The molecule has 2 amide bonds. The zero-order chi connectivity index (χ0) is 14.8. The van der Waals surface area contributed by atoms with Gasteiger partial charge in [0.1, 0.15) is 6.54 Å². The Morgan fingerprint density at radius 2 is 2.00 bits per heavy atom. The van der Waals surface area contributed by atoms with E-state index in [1.54, 1.807) is 0 Å². The topological polar surface area (TPSA) is 63.1 Å². The van der Waals surface area contributed by atoms with E-state index in [9.17, 15) is 9.59 Å². The highest BCUT2D eigenvalue weighted by Crippen LogP contribution is 2.19. The summed E-state index contributed by atoms with van der Waals surface area (Å²) >= 11 is 0. The van der Waals surface area contributed by atoms with Crippen LogP contribution >= 0.6 is 0 Å². The van der Waals surface area contributed by atoms with E-state index in [0.717, 1.165) is 29.4 Å². The summed E-state index contributed by atoms with van der Waals surface area (Å²) in [5.74, 6) is -0.259. The van der Waals surface area contributed by atoms with Gasteiger partial charge in [-0.15, -0.1) is 0 Å². The molecule has 1 saturated carbocycles. The fourth-order valence-corrected chi connectivity index (χ4v) is 2.44. The zero-order valence-corrected chi connectivity index (χ0v) is 12.1. The van der Waals surface area contributed by atoms with Gasteiger partial charge < -0.3 is 15.2 Å². The van der Waals surface area contributed by atoms with Crippen LogP contribution in [0.5, 0.6) is 0 Å². The number of carbonyl (C=O) groups excluding carboxylic acids is 2. The van der Waals surface area contributed by atoms with Crippen molar-refractivity contribution in [3.63, 3.8) is 0 Å². The van der Waals surface area contributed by atoms with Gasteiger partial charge in [0, 0.05) is 17.3 Å². The molecule has 1 aliphatic carbocycles. The van der Waals surface area contributed by atoms with E-state index in [4.69, 9.17) is 0 Å². The Morgan fingerprint density at radius 3 is 2.76 bits per heavy atom. The van der Waals surface area contributed by atoms with Crippen LogP contribution in [0.25, 0.3) is 10.9 Å². The molecule has 2 N–H and O–H groups in total. The van der Waals surface area contributed by atoms with Crippen LogP contribution in [0.2, 0.25) is 0 Å². The van der Waals surface area contributed by atoms with Crippen LogP contribution in [0, 0.1) is 6.92 Å². The van der Waals surface area contributed by atoms with Crippen molar-refractivity contribution in [2.24, 2.45) is 0 Å². The van der Waals surface area contributed by atoms with Gasteiger partial charge in [0.2, 0.25) is 11.8 Å². The van der Waals surface area contributed by atoms with Crippen molar-refractivity contribution in [2.75, 3.05) is 6.54 Å². The van der Waals surface area contributed by atoms with E-state index in [1.807, 2.05) is 35.8 Å². The van der Waals surface area contributed by atoms with E-state index in [0.29, 0.717) is 6.04 Å². The molecular weight excluding hydrogens is 266 g/mol. The molecule has 0 saturated heterocycles. The quantitative estimate of drug-likeness (QED) is 0.871. The number of para-hydroxylation sites is 1. The first-order valence-electron chi connectivity index (χ1n) is 7.24. The third-order valence-electron chi connectivity index (χ3n) is 3.71. The smallest absolute Gasteiger partial charge is 0.240 e. The van der Waals surface area contributed by atoms with Crippen molar-refractivity contribution in [1.82, 2.24) is 15.2 Å². The molecule has 2 aromatic rings. The van der Waals surface area contributed by atoms with E-state index in [1.165, 1.54) is 0 Å². The second-order valence-electron chi connectivity index (χ2n) is 5.55. The molecule has 5 heteroatoms. The second kappa shape index (κ2) is 5.60. The number of aromatic nitrogens is 1. The van der Waals surface area contributed by atoms with E-state index in [-0.39, 0.29) is 24.9 Å². The van der Waals surface area contributed by atoms with E-state index >= 15 is 0 Å². The Labute approximate surface area is 123 Å². The Bertz CT molecular complexity index is 686. The largest absolute Gasteiger partial charge is 0.352 e. The second-order valence-corrected chi connectivity index (χ2v) is 5.55. The first kappa shape index (κ1) is 13.7. The molecule has 1 aromatic heterocycles. The average molecular weight is 285 g/mol. The maximum absolute atomic E-state index is 12.0. The van der Waals surface area contributed by atoms with Crippen LogP contribution in [0.3, 0.4) is 0 Å². The van der Waals surface area contributed by atoms with E-state index in [2.05, 4.69) is 16.7 Å². The fourth-order valence-electron chi connectivity index (χ4n) is 2.44. The summed E-state index contributed by atoms with van der Waals surface area (Å²) in [6, 6.07) is 10.3. The van der Waals surface area contributed by atoms with Gasteiger partial charge in [0.25, 0.3) is 0 Å². The number of rotatable bonds is 5. The number of aryl methyl sites for hydroxylation is 1. The summed E-state index contributed by atoms with van der Waals surface area (Å²) in [7, 11) is 0. The summed E-state index contributed by atoms with van der Waals surface area (Å²) in [6.45, 7) is 2.26. The maximum atomic E-state index is 12.0. The summed E-state index contributed by atoms with van der Waals surface area (Å²) in [5, 5.41) is 6.64. The lowest BCUT2D eigenvalue weighted by Crippen LogP contribution is -2.39. The molecule has 1 aromatic carbocycles. The third kappa shape index (κ3) is 3.24. The summed E-state index contributed by atoms with van der Waals surface area (Å²) in [4.78, 5) is 23.5. The SMILES string of the molecule is Cc1cc2ccccc2n1CC(=O)NCC(=O)NC1CC1. The minimum atomic E-state index is -0.148. The Hall–Kier alpha value is -2.30. The summed E-state index contributed by atoms with van der Waals surface area (Å²) < 4.78 is 1.96. The van der Waals surface area contributed by atoms with Crippen molar-refractivity contribution in [2.45, 2.75) is 32.4 Å². The molecule has 1 heterocycles. The molecule has 1 fully saturated rings. The van der Waals surface area contributed by atoms with Crippen molar-refractivity contribution in [1.29, 1.82) is 0 Å². The highest BCUT2D eigenvalue weighted by molar-refractivity contribution is 5.87. The molecule has 21 heavy (non-hydrogen) atoms. The molecule has 110 valence electrons. The standard InChI is InChI=1S/C16H19N3O2/c1-11-8-12-4-2-3-5-14(12)19(11)10-16(21)17-9-15(20)18-13-6-7-13/h2-5,8,13H,6-7,9-10H2,1H3,(H,17,21)(H,18,20). The van der Waals surface area contributed by atoms with Gasteiger partial charge in [-0.3, -0.25) is 9.59 Å². The predicted molar refractivity (Wildman–Crippen MR) is 80.8 cm³/mol. The van der Waals surface area contributed by atoms with Crippen molar-refractivity contribution in [3.8, 4) is 0 Å². The van der Waals surface area contributed by atoms with Crippen LogP contribution in [0.4, 0.5) is 0 Å². The van der Waals surface area contributed by atoms with Gasteiger partial charge in [-0.25, -0.2) is 0 Å². The van der Waals surface area contributed by atoms with Gasteiger partial charge in [0.05, 0.1) is 6.54 Å². The van der Waals surface area contributed by atoms with Gasteiger partial charge in [-0.05, 0) is 37.3 Å². The summed E-state index contributed by atoms with van der Waals surface area (Å²) in [6.07, 6.45) is 2.10. The molecule has 0 bridgehead atoms. The van der Waals surface area contributed by atoms with Crippen molar-refractivity contribution >= 4 is 22.7 Å². The van der Waals surface area contributed by atoms with Crippen LogP contribution in [0.1, 0.15) is 18.5 Å².